The summed E-state index contributed by atoms with van der Waals surface area (Å²) < 4.78 is 13.3. The van der Waals surface area contributed by atoms with Gasteiger partial charge in [-0.25, -0.2) is 9.37 Å². The third kappa shape index (κ3) is 4.67. The summed E-state index contributed by atoms with van der Waals surface area (Å²) in [7, 11) is 0. The number of aromatic nitrogens is 2. The molecule has 1 fully saturated rings. The van der Waals surface area contributed by atoms with Crippen LogP contribution in [0.2, 0.25) is 0 Å². The van der Waals surface area contributed by atoms with Gasteiger partial charge in [-0.05, 0) is 38.0 Å². The van der Waals surface area contributed by atoms with E-state index in [-0.39, 0.29) is 29.6 Å². The number of benzene rings is 1. The fourth-order valence-corrected chi connectivity index (χ4v) is 3.76. The van der Waals surface area contributed by atoms with Gasteiger partial charge in [0.05, 0.1) is 17.0 Å². The van der Waals surface area contributed by atoms with Crippen LogP contribution in [0.15, 0.2) is 18.2 Å². The summed E-state index contributed by atoms with van der Waals surface area (Å²) in [6.07, 6.45) is 1.97. The number of rotatable bonds is 5. The van der Waals surface area contributed by atoms with Gasteiger partial charge in [-0.15, -0.1) is 0 Å². The van der Waals surface area contributed by atoms with Crippen molar-refractivity contribution >= 4 is 22.8 Å². The molecule has 0 saturated carbocycles. The summed E-state index contributed by atoms with van der Waals surface area (Å²) in [6.45, 7) is 5.47. The monoisotopic (exact) mass is 389 g/mol. The first-order valence-corrected chi connectivity index (χ1v) is 9.81. The maximum absolute atomic E-state index is 13.3. The molecule has 0 bridgehead atoms. The number of carbonyl (C=O) groups is 2. The Kier molecular flexibility index (Phi) is 6.28. The number of nitrogens with zero attached hydrogens (tertiary/aromatic N) is 3. The highest BCUT2D eigenvalue weighted by molar-refractivity contribution is 5.80. The largest absolute Gasteiger partial charge is 0.342 e. The summed E-state index contributed by atoms with van der Waals surface area (Å²) in [5.41, 5.74) is 7.42. The molecular weight excluding hydrogens is 361 g/mol. The molecule has 1 aliphatic heterocycles. The van der Waals surface area contributed by atoms with Crippen LogP contribution in [0.1, 0.15) is 32.5 Å². The first-order valence-electron chi connectivity index (χ1n) is 9.81. The lowest BCUT2D eigenvalue weighted by molar-refractivity contribution is -0.137. The molecule has 1 aromatic heterocycles. The van der Waals surface area contributed by atoms with Gasteiger partial charge in [-0.2, -0.15) is 0 Å². The SMILES string of the molecule is CCN(CCc1nc2ccc(F)cc2[nH]1)C(=O)[C@@H]1CC[C@H](N)CN(C(C)=O)C1. The molecule has 7 nitrogen and oxygen atoms in total. The van der Waals surface area contributed by atoms with Gasteiger partial charge in [0.25, 0.3) is 0 Å². The van der Waals surface area contributed by atoms with Crippen molar-refractivity contribution in [2.45, 2.75) is 39.2 Å². The molecule has 0 unspecified atom stereocenters. The molecule has 28 heavy (non-hydrogen) atoms. The van der Waals surface area contributed by atoms with Crippen LogP contribution >= 0.6 is 0 Å². The van der Waals surface area contributed by atoms with Gasteiger partial charge in [0, 0.05) is 45.6 Å². The Morgan fingerprint density at radius 2 is 2.14 bits per heavy atom. The van der Waals surface area contributed by atoms with Crippen LogP contribution in [0.3, 0.4) is 0 Å². The van der Waals surface area contributed by atoms with Crippen LogP contribution < -0.4 is 5.73 Å². The second-order valence-electron chi connectivity index (χ2n) is 7.47. The lowest BCUT2D eigenvalue weighted by Gasteiger charge is -2.28. The molecule has 3 rings (SSSR count). The van der Waals surface area contributed by atoms with E-state index in [9.17, 15) is 14.0 Å². The summed E-state index contributed by atoms with van der Waals surface area (Å²) >= 11 is 0. The smallest absolute Gasteiger partial charge is 0.227 e. The number of likely N-dealkylation sites (N-methyl/N-ethyl adjacent to an activating group) is 1. The molecule has 2 amide bonds. The van der Waals surface area contributed by atoms with E-state index in [1.165, 1.54) is 19.1 Å². The maximum Gasteiger partial charge on any atom is 0.227 e. The fourth-order valence-electron chi connectivity index (χ4n) is 3.76. The molecule has 152 valence electrons. The average molecular weight is 389 g/mol. The summed E-state index contributed by atoms with van der Waals surface area (Å²) in [6, 6.07) is 4.35. The van der Waals surface area contributed by atoms with Crippen molar-refractivity contribution < 1.29 is 14.0 Å². The summed E-state index contributed by atoms with van der Waals surface area (Å²) in [5, 5.41) is 0. The molecule has 1 aromatic carbocycles. The van der Waals surface area contributed by atoms with Gasteiger partial charge >= 0.3 is 0 Å². The average Bonchev–Trinajstić information content (AvgIpc) is 2.94. The van der Waals surface area contributed by atoms with Crippen molar-refractivity contribution in [2.24, 2.45) is 11.7 Å². The van der Waals surface area contributed by atoms with E-state index < -0.39 is 0 Å². The van der Waals surface area contributed by atoms with Gasteiger partial charge < -0.3 is 20.5 Å². The molecular formula is C20H28FN5O2. The van der Waals surface area contributed by atoms with Crippen molar-refractivity contribution in [3.05, 3.63) is 29.8 Å². The van der Waals surface area contributed by atoms with Gasteiger partial charge in [0.15, 0.2) is 0 Å². The van der Waals surface area contributed by atoms with Gasteiger partial charge in [-0.1, -0.05) is 0 Å². The molecule has 0 radical (unpaired) electrons. The highest BCUT2D eigenvalue weighted by Crippen LogP contribution is 2.19. The minimum atomic E-state index is -0.311. The predicted octanol–water partition coefficient (Wildman–Crippen LogP) is 1.68. The van der Waals surface area contributed by atoms with Crippen molar-refractivity contribution in [3.63, 3.8) is 0 Å². The topological polar surface area (TPSA) is 95.3 Å². The first kappa shape index (κ1) is 20.3. The molecule has 0 aliphatic carbocycles. The Bertz CT molecular complexity index is 852. The van der Waals surface area contributed by atoms with Crippen LogP contribution in [0.5, 0.6) is 0 Å². The van der Waals surface area contributed by atoms with Crippen LogP contribution in [0.25, 0.3) is 11.0 Å². The number of aromatic amines is 1. The van der Waals surface area contributed by atoms with Crippen LogP contribution in [-0.2, 0) is 16.0 Å². The molecule has 2 heterocycles. The molecule has 3 N–H and O–H groups in total. The zero-order valence-electron chi connectivity index (χ0n) is 16.4. The van der Waals surface area contributed by atoms with E-state index in [0.29, 0.717) is 50.1 Å². The highest BCUT2D eigenvalue weighted by Gasteiger charge is 2.30. The molecule has 2 atom stereocenters. The number of imidazole rings is 1. The second-order valence-corrected chi connectivity index (χ2v) is 7.47. The number of amides is 2. The Morgan fingerprint density at radius 3 is 2.86 bits per heavy atom. The molecule has 0 spiro atoms. The Morgan fingerprint density at radius 1 is 1.36 bits per heavy atom. The third-order valence-corrected chi connectivity index (χ3v) is 5.38. The van der Waals surface area contributed by atoms with E-state index in [0.717, 1.165) is 12.2 Å². The van der Waals surface area contributed by atoms with E-state index in [4.69, 9.17) is 5.73 Å². The number of nitrogens with two attached hydrogens (primary N) is 1. The number of likely N-dealkylation sites (tertiary alicyclic amines) is 1. The lowest BCUT2D eigenvalue weighted by Crippen LogP contribution is -2.44. The van der Waals surface area contributed by atoms with Gasteiger partial charge in [0.2, 0.25) is 11.8 Å². The fraction of sp³-hybridized carbons (Fsp3) is 0.550. The number of nitrogens with one attached hydrogen (secondary N) is 1. The van der Waals surface area contributed by atoms with Crippen molar-refractivity contribution in [2.75, 3.05) is 26.2 Å². The normalized spacial score (nSPS) is 20.2. The Hall–Kier alpha value is -2.48. The van der Waals surface area contributed by atoms with E-state index in [2.05, 4.69) is 9.97 Å². The highest BCUT2D eigenvalue weighted by atomic mass is 19.1. The molecule has 8 heteroatoms. The number of halogens is 1. The second kappa shape index (κ2) is 8.68. The predicted molar refractivity (Wildman–Crippen MR) is 105 cm³/mol. The van der Waals surface area contributed by atoms with Crippen LogP contribution in [0.4, 0.5) is 4.39 Å². The van der Waals surface area contributed by atoms with Gasteiger partial charge in [-0.3, -0.25) is 9.59 Å². The maximum atomic E-state index is 13.3. The molecule has 1 saturated heterocycles. The summed E-state index contributed by atoms with van der Waals surface area (Å²) in [4.78, 5) is 36.0. The summed E-state index contributed by atoms with van der Waals surface area (Å²) in [5.74, 6) is 0.176. The Labute approximate surface area is 164 Å². The lowest BCUT2D eigenvalue weighted by atomic mass is 10.0. The number of carbonyl (C=O) groups excluding carboxylic acids is 2. The number of hydrogen-bond donors (Lipinski definition) is 2. The number of H-pyrrole nitrogens is 1. The van der Waals surface area contributed by atoms with Crippen LogP contribution in [-0.4, -0.2) is 63.8 Å². The van der Waals surface area contributed by atoms with Crippen molar-refractivity contribution in [1.82, 2.24) is 19.8 Å². The minimum absolute atomic E-state index is 0.0463. The zero-order chi connectivity index (χ0) is 20.3. The first-order chi connectivity index (χ1) is 13.4. The number of hydrogen-bond acceptors (Lipinski definition) is 4. The van der Waals surface area contributed by atoms with E-state index in [1.54, 1.807) is 15.9 Å². The van der Waals surface area contributed by atoms with E-state index >= 15 is 0 Å². The Balaban J connectivity index is 1.65. The third-order valence-electron chi connectivity index (χ3n) is 5.38. The van der Waals surface area contributed by atoms with Crippen LogP contribution in [0, 0.1) is 11.7 Å². The molecule has 1 aliphatic rings. The quantitative estimate of drug-likeness (QED) is 0.813. The van der Waals surface area contributed by atoms with Crippen molar-refractivity contribution in [1.29, 1.82) is 0 Å². The molecule has 2 aromatic rings. The minimum Gasteiger partial charge on any atom is -0.342 e. The van der Waals surface area contributed by atoms with E-state index in [1.807, 2.05) is 6.92 Å². The zero-order valence-corrected chi connectivity index (χ0v) is 16.4. The van der Waals surface area contributed by atoms with Crippen molar-refractivity contribution in [3.8, 4) is 0 Å². The number of fused-ring (bicyclic) bond motifs is 1. The standard InChI is InChI=1S/C20H28FN5O2/c1-3-25(9-8-19-23-17-7-5-15(21)10-18(17)24-19)20(28)14-4-6-16(22)12-26(11-14)13(2)27/h5,7,10,14,16H,3-4,6,8-9,11-12,22H2,1-2H3,(H,23,24)/t14-,16+/m1/s1. The van der Waals surface area contributed by atoms with Gasteiger partial charge in [0.1, 0.15) is 11.6 Å².